The Morgan fingerprint density at radius 2 is 1.40 bits per heavy atom. The van der Waals surface area contributed by atoms with E-state index in [0.29, 0.717) is 5.41 Å². The molecule has 0 spiro atoms. The number of rotatable bonds is 9. The number of nitrogens with one attached hydrogen (secondary N) is 2. The minimum atomic E-state index is 0.472. The molecule has 0 atom stereocenters. The average molecular weight is 214 g/mol. The van der Waals surface area contributed by atoms with Gasteiger partial charge in [-0.3, -0.25) is 0 Å². The molecule has 0 radical (unpaired) electrons. The molecule has 0 aromatic carbocycles. The number of unbranched alkanes of at least 4 members (excludes halogenated alkanes) is 3. The quantitative estimate of drug-likeness (QED) is 0.577. The zero-order chi connectivity index (χ0) is 11.6. The van der Waals surface area contributed by atoms with Gasteiger partial charge in [-0.1, -0.05) is 33.6 Å². The highest BCUT2D eigenvalue weighted by Gasteiger charge is 2.08. The van der Waals surface area contributed by atoms with Crippen molar-refractivity contribution in [1.82, 2.24) is 10.6 Å². The second kappa shape index (κ2) is 9.17. The molecule has 2 N–H and O–H groups in total. The summed E-state index contributed by atoms with van der Waals surface area (Å²) >= 11 is 0. The zero-order valence-electron chi connectivity index (χ0n) is 11.2. The molecule has 0 aliphatic carbocycles. The first-order chi connectivity index (χ1) is 7.06. The van der Waals surface area contributed by atoms with Gasteiger partial charge >= 0.3 is 0 Å². The van der Waals surface area contributed by atoms with E-state index in [1.54, 1.807) is 0 Å². The van der Waals surface area contributed by atoms with E-state index in [1.165, 1.54) is 45.2 Å². The summed E-state index contributed by atoms with van der Waals surface area (Å²) in [6.45, 7) is 10.4. The molecule has 0 aliphatic rings. The third-order valence-corrected chi connectivity index (χ3v) is 2.58. The van der Waals surface area contributed by atoms with Crippen LogP contribution in [0.25, 0.3) is 0 Å². The van der Waals surface area contributed by atoms with Gasteiger partial charge in [-0.15, -0.1) is 0 Å². The van der Waals surface area contributed by atoms with Crippen molar-refractivity contribution in [1.29, 1.82) is 0 Å². The van der Waals surface area contributed by atoms with Crippen molar-refractivity contribution in [2.45, 2.75) is 52.9 Å². The van der Waals surface area contributed by atoms with E-state index in [0.717, 1.165) is 6.54 Å². The molecule has 15 heavy (non-hydrogen) atoms. The fourth-order valence-corrected chi connectivity index (χ4v) is 1.49. The second-order valence-corrected chi connectivity index (χ2v) is 5.58. The summed E-state index contributed by atoms with van der Waals surface area (Å²) in [5.74, 6) is 0. The maximum atomic E-state index is 3.52. The highest BCUT2D eigenvalue weighted by molar-refractivity contribution is 4.62. The smallest absolute Gasteiger partial charge is 0.00439 e. The van der Waals surface area contributed by atoms with Crippen molar-refractivity contribution in [2.24, 2.45) is 5.41 Å². The lowest BCUT2D eigenvalue weighted by molar-refractivity contribution is 0.366. The van der Waals surface area contributed by atoms with Crippen LogP contribution < -0.4 is 10.6 Å². The Morgan fingerprint density at radius 3 is 1.93 bits per heavy atom. The van der Waals surface area contributed by atoms with Crippen LogP contribution in [0.5, 0.6) is 0 Å². The highest BCUT2D eigenvalue weighted by Crippen LogP contribution is 2.16. The van der Waals surface area contributed by atoms with Crippen molar-refractivity contribution in [2.75, 3.05) is 26.7 Å². The highest BCUT2D eigenvalue weighted by atomic mass is 14.8. The Morgan fingerprint density at radius 1 is 0.800 bits per heavy atom. The maximum Gasteiger partial charge on any atom is -0.00439 e. The molecule has 0 unspecified atom stereocenters. The molecular formula is C13H30N2. The monoisotopic (exact) mass is 214 g/mol. The first-order valence-electron chi connectivity index (χ1n) is 6.41. The van der Waals surface area contributed by atoms with Crippen LogP contribution in [0.15, 0.2) is 0 Å². The molecule has 92 valence electrons. The molecule has 0 aromatic heterocycles. The molecule has 0 aliphatic heterocycles. The van der Waals surface area contributed by atoms with Crippen molar-refractivity contribution in [3.05, 3.63) is 0 Å². The van der Waals surface area contributed by atoms with Crippen LogP contribution >= 0.6 is 0 Å². The lowest BCUT2D eigenvalue weighted by Crippen LogP contribution is -2.21. The molecule has 0 saturated heterocycles. The predicted molar refractivity (Wildman–Crippen MR) is 69.3 cm³/mol. The topological polar surface area (TPSA) is 24.1 Å². The van der Waals surface area contributed by atoms with Gasteiger partial charge in [0.15, 0.2) is 0 Å². The molecule has 0 saturated carbocycles. The van der Waals surface area contributed by atoms with Gasteiger partial charge in [0.1, 0.15) is 0 Å². The van der Waals surface area contributed by atoms with E-state index in [1.807, 2.05) is 7.05 Å². The predicted octanol–water partition coefficient (Wildman–Crippen LogP) is 2.79. The maximum absolute atomic E-state index is 3.52. The van der Waals surface area contributed by atoms with Gasteiger partial charge in [0.05, 0.1) is 0 Å². The van der Waals surface area contributed by atoms with Crippen LogP contribution in [0.3, 0.4) is 0 Å². The molecule has 2 heteroatoms. The van der Waals surface area contributed by atoms with E-state index in [2.05, 4.69) is 31.4 Å². The van der Waals surface area contributed by atoms with E-state index in [9.17, 15) is 0 Å². The minimum Gasteiger partial charge on any atom is -0.320 e. The van der Waals surface area contributed by atoms with Crippen molar-refractivity contribution in [3.63, 3.8) is 0 Å². The second-order valence-electron chi connectivity index (χ2n) is 5.58. The van der Waals surface area contributed by atoms with Crippen molar-refractivity contribution in [3.8, 4) is 0 Å². The third-order valence-electron chi connectivity index (χ3n) is 2.58. The summed E-state index contributed by atoms with van der Waals surface area (Å²) in [6.07, 6.45) is 6.64. The first kappa shape index (κ1) is 14.9. The Kier molecular flexibility index (Phi) is 9.12. The Bertz CT molecular complexity index is 127. The van der Waals surface area contributed by atoms with Gasteiger partial charge in [0.2, 0.25) is 0 Å². The van der Waals surface area contributed by atoms with Gasteiger partial charge in [-0.2, -0.15) is 0 Å². The molecule has 0 fully saturated rings. The van der Waals surface area contributed by atoms with Gasteiger partial charge in [0, 0.05) is 0 Å². The molecule has 0 aromatic rings. The SMILES string of the molecule is CNCCCCCCNCCC(C)(C)C. The zero-order valence-corrected chi connectivity index (χ0v) is 11.2. The van der Waals surface area contributed by atoms with Crippen molar-refractivity contribution >= 4 is 0 Å². The van der Waals surface area contributed by atoms with E-state index in [-0.39, 0.29) is 0 Å². The normalized spacial score (nSPS) is 12.0. The third kappa shape index (κ3) is 13.9. The average Bonchev–Trinajstić information content (AvgIpc) is 2.14. The van der Waals surface area contributed by atoms with E-state index in [4.69, 9.17) is 0 Å². The van der Waals surface area contributed by atoms with Crippen LogP contribution in [0.1, 0.15) is 52.9 Å². The molecule has 0 bridgehead atoms. The fourth-order valence-electron chi connectivity index (χ4n) is 1.49. The molecule has 0 rings (SSSR count). The number of hydrogen-bond donors (Lipinski definition) is 2. The van der Waals surface area contributed by atoms with E-state index < -0.39 is 0 Å². The largest absolute Gasteiger partial charge is 0.320 e. The van der Waals surface area contributed by atoms with Crippen LogP contribution in [-0.4, -0.2) is 26.7 Å². The minimum absolute atomic E-state index is 0.472. The molecule has 0 heterocycles. The Labute approximate surface area is 96.2 Å². The Hall–Kier alpha value is -0.0800. The summed E-state index contributed by atoms with van der Waals surface area (Å²) < 4.78 is 0. The van der Waals surface area contributed by atoms with Gasteiger partial charge in [-0.25, -0.2) is 0 Å². The summed E-state index contributed by atoms with van der Waals surface area (Å²) in [4.78, 5) is 0. The summed E-state index contributed by atoms with van der Waals surface area (Å²) in [5.41, 5.74) is 0.472. The number of hydrogen-bond acceptors (Lipinski definition) is 2. The van der Waals surface area contributed by atoms with E-state index >= 15 is 0 Å². The van der Waals surface area contributed by atoms with Crippen LogP contribution in [0.2, 0.25) is 0 Å². The van der Waals surface area contributed by atoms with Crippen LogP contribution in [-0.2, 0) is 0 Å². The standard InChI is InChI=1S/C13H30N2/c1-13(2,3)9-12-15-11-8-6-5-7-10-14-4/h14-15H,5-12H2,1-4H3. The Balaban J connectivity index is 2.99. The van der Waals surface area contributed by atoms with Gasteiger partial charge in [-0.05, 0) is 51.4 Å². The van der Waals surface area contributed by atoms with Crippen LogP contribution in [0.4, 0.5) is 0 Å². The summed E-state index contributed by atoms with van der Waals surface area (Å²) in [7, 11) is 2.02. The van der Waals surface area contributed by atoms with Crippen LogP contribution in [0, 0.1) is 5.41 Å². The molecule has 2 nitrogen and oxygen atoms in total. The summed E-state index contributed by atoms with van der Waals surface area (Å²) in [6, 6.07) is 0. The molecule has 0 amide bonds. The lowest BCUT2D eigenvalue weighted by Gasteiger charge is -2.17. The van der Waals surface area contributed by atoms with Crippen molar-refractivity contribution < 1.29 is 0 Å². The van der Waals surface area contributed by atoms with Gasteiger partial charge < -0.3 is 10.6 Å². The first-order valence-corrected chi connectivity index (χ1v) is 6.41. The molecular weight excluding hydrogens is 184 g/mol. The van der Waals surface area contributed by atoms with Gasteiger partial charge in [0.25, 0.3) is 0 Å². The lowest BCUT2D eigenvalue weighted by atomic mass is 9.92. The fraction of sp³-hybridized carbons (Fsp3) is 1.00. The summed E-state index contributed by atoms with van der Waals surface area (Å²) in [5, 5.41) is 6.70.